The zero-order valence-electron chi connectivity index (χ0n) is 14.4. The maximum atomic E-state index is 10.0. The fourth-order valence-corrected chi connectivity index (χ4v) is 2.67. The summed E-state index contributed by atoms with van der Waals surface area (Å²) in [6, 6.07) is 5.32. The highest BCUT2D eigenvalue weighted by atomic mass is 16.4. The van der Waals surface area contributed by atoms with Crippen molar-refractivity contribution < 1.29 is 25.5 Å². The molecule has 1 rings (SSSR count). The van der Waals surface area contributed by atoms with Crippen LogP contribution in [0.2, 0.25) is 0 Å². The van der Waals surface area contributed by atoms with Crippen molar-refractivity contribution in [2.24, 2.45) is 0 Å². The summed E-state index contributed by atoms with van der Waals surface area (Å²) in [6.07, 6.45) is 4.19. The van der Waals surface area contributed by atoms with Crippen LogP contribution in [0.4, 0.5) is 0 Å². The highest BCUT2D eigenvalue weighted by Crippen LogP contribution is 2.23. The van der Waals surface area contributed by atoms with Crippen molar-refractivity contribution in [3.8, 4) is 5.75 Å². The van der Waals surface area contributed by atoms with E-state index in [1.54, 1.807) is 6.07 Å². The minimum Gasteiger partial charge on any atom is -0.508 e. The molecule has 5 N–H and O–H groups in total. The van der Waals surface area contributed by atoms with E-state index in [4.69, 9.17) is 10.2 Å². The standard InChI is InChI=1S/C18H31NO5/c1-2-3-4-5-6-7-14-8-9-16(22)15(10-14)11-19(17(23)12-20)18(24)13-21/h8-10,17-18,20-24H,2-7,11-13H2,1H3. The maximum Gasteiger partial charge on any atom is 0.133 e. The Morgan fingerprint density at radius 1 is 0.958 bits per heavy atom. The second kappa shape index (κ2) is 11.4. The lowest BCUT2D eigenvalue weighted by Crippen LogP contribution is -2.46. The number of aryl methyl sites for hydroxylation is 1. The van der Waals surface area contributed by atoms with Crippen molar-refractivity contribution in [3.05, 3.63) is 29.3 Å². The normalized spacial score (nSPS) is 14.1. The molecular weight excluding hydrogens is 310 g/mol. The predicted octanol–water partition coefficient (Wildman–Crippen LogP) is 1.33. The van der Waals surface area contributed by atoms with E-state index in [0.29, 0.717) is 5.56 Å². The van der Waals surface area contributed by atoms with Crippen molar-refractivity contribution >= 4 is 0 Å². The average molecular weight is 341 g/mol. The van der Waals surface area contributed by atoms with Crippen molar-refractivity contribution in [2.75, 3.05) is 13.2 Å². The lowest BCUT2D eigenvalue weighted by molar-refractivity contribution is -0.138. The minimum absolute atomic E-state index is 0.0267. The Morgan fingerprint density at radius 3 is 2.17 bits per heavy atom. The SMILES string of the molecule is CCCCCCCc1ccc(O)c(CN(C(O)CO)C(O)CO)c1. The van der Waals surface area contributed by atoms with Crippen LogP contribution in [0.25, 0.3) is 0 Å². The number of phenols is 1. The topological polar surface area (TPSA) is 104 Å². The monoisotopic (exact) mass is 341 g/mol. The van der Waals surface area contributed by atoms with E-state index < -0.39 is 25.7 Å². The Kier molecular flexibility index (Phi) is 9.90. The van der Waals surface area contributed by atoms with E-state index in [2.05, 4.69) is 6.92 Å². The molecule has 2 atom stereocenters. The molecule has 0 bridgehead atoms. The van der Waals surface area contributed by atoms with E-state index in [9.17, 15) is 15.3 Å². The van der Waals surface area contributed by atoms with Gasteiger partial charge in [-0.2, -0.15) is 0 Å². The summed E-state index contributed by atoms with van der Waals surface area (Å²) in [4.78, 5) is 1.14. The minimum atomic E-state index is -1.32. The fraction of sp³-hybridized carbons (Fsp3) is 0.667. The van der Waals surface area contributed by atoms with Gasteiger partial charge in [0.05, 0.1) is 13.2 Å². The predicted molar refractivity (Wildman–Crippen MR) is 92.3 cm³/mol. The summed E-state index contributed by atoms with van der Waals surface area (Å²) in [7, 11) is 0. The van der Waals surface area contributed by atoms with Crippen molar-refractivity contribution in [1.29, 1.82) is 0 Å². The smallest absolute Gasteiger partial charge is 0.133 e. The molecule has 2 unspecified atom stereocenters. The van der Waals surface area contributed by atoms with Gasteiger partial charge in [0.1, 0.15) is 18.2 Å². The van der Waals surface area contributed by atoms with Crippen LogP contribution < -0.4 is 0 Å². The molecule has 6 heteroatoms. The quantitative estimate of drug-likeness (QED) is 0.290. The molecule has 138 valence electrons. The number of benzene rings is 1. The van der Waals surface area contributed by atoms with Gasteiger partial charge in [-0.05, 0) is 24.5 Å². The Bertz CT molecular complexity index is 459. The highest BCUT2D eigenvalue weighted by Gasteiger charge is 2.23. The number of phenolic OH excluding ortho intramolecular Hbond substituents is 1. The number of rotatable bonds is 12. The summed E-state index contributed by atoms with van der Waals surface area (Å²) in [5.74, 6) is 0.0602. The molecule has 1 aromatic carbocycles. The molecule has 0 aliphatic rings. The van der Waals surface area contributed by atoms with Crippen LogP contribution in [0, 0.1) is 0 Å². The first-order valence-electron chi connectivity index (χ1n) is 8.67. The Morgan fingerprint density at radius 2 is 1.58 bits per heavy atom. The van der Waals surface area contributed by atoms with E-state index in [0.717, 1.165) is 23.3 Å². The molecular formula is C18H31NO5. The lowest BCUT2D eigenvalue weighted by Gasteiger charge is -2.30. The Hall–Kier alpha value is -1.18. The first-order chi connectivity index (χ1) is 11.5. The van der Waals surface area contributed by atoms with Gasteiger partial charge in [-0.1, -0.05) is 44.7 Å². The van der Waals surface area contributed by atoms with Gasteiger partial charge in [-0.3, -0.25) is 0 Å². The molecule has 0 aromatic heterocycles. The summed E-state index contributed by atoms with van der Waals surface area (Å²) < 4.78 is 0. The van der Waals surface area contributed by atoms with E-state index >= 15 is 0 Å². The maximum absolute atomic E-state index is 10.0. The number of aliphatic hydroxyl groups is 4. The van der Waals surface area contributed by atoms with Crippen LogP contribution in [-0.2, 0) is 13.0 Å². The number of hydrogen-bond donors (Lipinski definition) is 5. The zero-order chi connectivity index (χ0) is 17.9. The van der Waals surface area contributed by atoms with Gasteiger partial charge in [-0.15, -0.1) is 0 Å². The molecule has 0 radical (unpaired) electrons. The molecule has 0 saturated heterocycles. The Balaban J connectivity index is 2.73. The first kappa shape index (κ1) is 20.9. The summed E-state index contributed by atoms with van der Waals surface area (Å²) in [6.45, 7) is 1.06. The number of hydrogen-bond acceptors (Lipinski definition) is 6. The molecule has 1 aromatic rings. The van der Waals surface area contributed by atoms with E-state index in [-0.39, 0.29) is 12.3 Å². The fourth-order valence-electron chi connectivity index (χ4n) is 2.67. The molecule has 0 fully saturated rings. The Labute approximate surface area is 144 Å². The van der Waals surface area contributed by atoms with Gasteiger partial charge >= 0.3 is 0 Å². The number of aliphatic hydroxyl groups excluding tert-OH is 4. The summed E-state index contributed by atoms with van der Waals surface area (Å²) in [5, 5.41) is 47.8. The zero-order valence-corrected chi connectivity index (χ0v) is 14.4. The third-order valence-electron chi connectivity index (χ3n) is 4.16. The van der Waals surface area contributed by atoms with Crippen molar-refractivity contribution in [3.63, 3.8) is 0 Å². The van der Waals surface area contributed by atoms with E-state index in [1.807, 2.05) is 12.1 Å². The average Bonchev–Trinajstić information content (AvgIpc) is 2.60. The van der Waals surface area contributed by atoms with Crippen molar-refractivity contribution in [1.82, 2.24) is 4.90 Å². The van der Waals surface area contributed by atoms with Crippen LogP contribution >= 0.6 is 0 Å². The number of aromatic hydroxyl groups is 1. The molecule has 0 saturated carbocycles. The van der Waals surface area contributed by atoms with Gasteiger partial charge in [0.25, 0.3) is 0 Å². The van der Waals surface area contributed by atoms with Crippen molar-refractivity contribution in [2.45, 2.75) is 64.4 Å². The van der Waals surface area contributed by atoms with Gasteiger partial charge in [-0.25, -0.2) is 4.90 Å². The van der Waals surface area contributed by atoms with Crippen LogP contribution in [0.5, 0.6) is 5.75 Å². The van der Waals surface area contributed by atoms with Crippen LogP contribution in [0.15, 0.2) is 18.2 Å². The molecule has 0 amide bonds. The third-order valence-corrected chi connectivity index (χ3v) is 4.16. The molecule has 6 nitrogen and oxygen atoms in total. The largest absolute Gasteiger partial charge is 0.508 e. The highest BCUT2D eigenvalue weighted by molar-refractivity contribution is 5.36. The molecule has 0 heterocycles. The summed E-state index contributed by atoms with van der Waals surface area (Å²) >= 11 is 0. The summed E-state index contributed by atoms with van der Waals surface area (Å²) in [5.41, 5.74) is 1.62. The molecule has 0 spiro atoms. The molecule has 0 aliphatic heterocycles. The van der Waals surface area contributed by atoms with Crippen LogP contribution in [0.1, 0.15) is 50.2 Å². The number of unbranched alkanes of at least 4 members (excludes halogenated alkanes) is 4. The molecule has 0 aliphatic carbocycles. The van der Waals surface area contributed by atoms with Gasteiger partial charge in [0, 0.05) is 12.1 Å². The first-order valence-corrected chi connectivity index (χ1v) is 8.67. The van der Waals surface area contributed by atoms with Gasteiger partial charge in [0.15, 0.2) is 0 Å². The lowest BCUT2D eigenvalue weighted by atomic mass is 10.0. The van der Waals surface area contributed by atoms with Gasteiger partial charge in [0.2, 0.25) is 0 Å². The number of nitrogens with zero attached hydrogens (tertiary/aromatic N) is 1. The second-order valence-corrected chi connectivity index (χ2v) is 6.13. The van der Waals surface area contributed by atoms with Gasteiger partial charge < -0.3 is 25.5 Å². The van der Waals surface area contributed by atoms with Crippen LogP contribution in [0.3, 0.4) is 0 Å². The molecule has 24 heavy (non-hydrogen) atoms. The second-order valence-electron chi connectivity index (χ2n) is 6.13. The van der Waals surface area contributed by atoms with E-state index in [1.165, 1.54) is 25.7 Å². The van der Waals surface area contributed by atoms with Crippen LogP contribution in [-0.4, -0.2) is 56.1 Å². The third kappa shape index (κ3) is 6.75.